The summed E-state index contributed by atoms with van der Waals surface area (Å²) in [5.74, 6) is -11.3. The number of hydrogen-bond acceptors (Lipinski definition) is 17. The molecule has 1 aromatic carbocycles. The van der Waals surface area contributed by atoms with E-state index in [9.17, 15) is 33.9 Å². The highest BCUT2D eigenvalue weighted by Crippen LogP contribution is 2.22. The Labute approximate surface area is 539 Å². The number of unbranched alkanes of at least 4 members (excludes halogenated alkanes) is 1. The lowest BCUT2D eigenvalue weighted by atomic mass is 9.98. The molecular weight excluding hydrogens is 1210 g/mol. The van der Waals surface area contributed by atoms with Crippen LogP contribution in [-0.4, -0.2) is 197 Å². The first kappa shape index (κ1) is 78.9. The summed E-state index contributed by atoms with van der Waals surface area (Å²) in [5, 5.41) is 28.0. The van der Waals surface area contributed by atoms with Crippen LogP contribution in [0.15, 0.2) is 54.2 Å². The van der Waals surface area contributed by atoms with Gasteiger partial charge in [0.25, 0.3) is 0 Å². The van der Waals surface area contributed by atoms with Crippen molar-refractivity contribution in [3.8, 4) is 5.75 Å². The molecular formula is C55H100N28O10. The lowest BCUT2D eigenvalue weighted by Gasteiger charge is -2.33. The minimum absolute atomic E-state index is 0.00326. The van der Waals surface area contributed by atoms with Gasteiger partial charge in [0.15, 0.2) is 35.8 Å². The number of aliphatic imine (C=N–C) groups is 6. The first-order valence-electron chi connectivity index (χ1n) is 30.5. The number of benzene rings is 1. The molecule has 36 N–H and O–H groups in total. The first-order chi connectivity index (χ1) is 43.9. The average molecular weight is 1310 g/mol. The molecule has 0 spiro atoms. The third kappa shape index (κ3) is 26.7. The molecule has 1 saturated heterocycles. The number of carbonyl (C=O) groups is 9. The molecule has 0 saturated carbocycles. The van der Waals surface area contributed by atoms with Crippen molar-refractivity contribution in [1.29, 1.82) is 0 Å². The number of guanidine groups is 6. The zero-order chi connectivity index (χ0) is 70.2. The Morgan fingerprint density at radius 3 is 1.16 bits per heavy atom. The Morgan fingerprint density at radius 2 is 0.828 bits per heavy atom. The summed E-state index contributed by atoms with van der Waals surface area (Å²) in [5.41, 5.74) is 81.4. The number of likely N-dealkylation sites (tertiary alicyclic amines) is 1. The van der Waals surface area contributed by atoms with Gasteiger partial charge in [-0.2, -0.15) is 0 Å². The molecule has 2 rings (SSSR count). The third-order valence-electron chi connectivity index (χ3n) is 14.8. The molecule has 38 heteroatoms. The van der Waals surface area contributed by atoms with E-state index in [0.717, 1.165) is 0 Å². The van der Waals surface area contributed by atoms with E-state index in [1.165, 1.54) is 17.0 Å². The summed E-state index contributed by atoms with van der Waals surface area (Å²) in [7, 11) is 0. The number of phenolic OH excluding ortho intramolecular Hbond substituents is 1. The Kier molecular flexibility index (Phi) is 33.8. The van der Waals surface area contributed by atoms with Crippen molar-refractivity contribution in [2.24, 2.45) is 110 Å². The van der Waals surface area contributed by atoms with Crippen molar-refractivity contribution in [2.45, 2.75) is 197 Å². The summed E-state index contributed by atoms with van der Waals surface area (Å²) >= 11 is 0. The van der Waals surface area contributed by atoms with Gasteiger partial charge < -0.3 is 127 Å². The topological polar surface area (TPSA) is 700 Å². The number of primary amides is 1. The van der Waals surface area contributed by atoms with Gasteiger partial charge in [0.1, 0.15) is 54.1 Å². The average Bonchev–Trinajstić information content (AvgIpc) is 1.61. The van der Waals surface area contributed by atoms with Gasteiger partial charge >= 0.3 is 0 Å². The summed E-state index contributed by atoms with van der Waals surface area (Å²) in [6, 6.07) is -13.2. The number of phenols is 1. The second-order valence-electron chi connectivity index (χ2n) is 21.9. The predicted molar refractivity (Wildman–Crippen MR) is 352 cm³/mol. The van der Waals surface area contributed by atoms with Crippen molar-refractivity contribution in [3.63, 3.8) is 0 Å². The van der Waals surface area contributed by atoms with Crippen LogP contribution in [0.3, 0.4) is 0 Å². The van der Waals surface area contributed by atoms with Gasteiger partial charge in [0.2, 0.25) is 53.2 Å². The van der Waals surface area contributed by atoms with Crippen LogP contribution in [0, 0.1) is 0 Å². The molecule has 13 atom stereocenters. The van der Waals surface area contributed by atoms with Crippen LogP contribution in [0.25, 0.3) is 0 Å². The van der Waals surface area contributed by atoms with Crippen molar-refractivity contribution < 1.29 is 48.3 Å². The van der Waals surface area contributed by atoms with E-state index in [1.807, 2.05) is 0 Å². The minimum atomic E-state index is -1.88. The van der Waals surface area contributed by atoms with Gasteiger partial charge in [-0.25, -0.2) is 25.0 Å². The van der Waals surface area contributed by atoms with Crippen LogP contribution in [0.1, 0.15) is 117 Å². The minimum Gasteiger partial charge on any atom is -0.508 e. The number of aromatic hydroxyl groups is 1. The molecule has 38 nitrogen and oxygen atoms in total. The molecule has 0 radical (unpaired) electrons. The molecule has 1 aromatic rings. The standard InChI is InChI=1S/C55H100N28O10/c1-6-28(73-51(60)61)37(45(89)71-33(42(57)86)16-13-23-70-50(58)59)79-47(91)39(30(8-3)75-53(64)65)81-49(93)41(32(10-5)77-55(68)69)82-48(92)40(31(9-4)76-54(66)67)80-46(90)38(29(7-2)74-52(62)63)78-43(87)34(15-11-12-22-56)72-44(88)35-17-14-24-83(35)36(85)25-26-18-20-27(84)21-19-26/h18-21,28-35,37-41,84H,6-17,22-25,56H2,1-5H3,(H2,57,86)(H,71,89)(H,72,88)(H,78,87)(H,79,91)(H,80,90)(H,81,93)(H,82,92)(H4,58,59,70)(H4,60,61,73)(H4,62,63,74)(H4,64,65,75)(H4,66,67,76)(H4,68,69,77)/t28?,29?,30?,31?,32?,33-,34-,35-,37-,38-,39-,40-,41-/m0/s1. The van der Waals surface area contributed by atoms with Crippen LogP contribution in [0.2, 0.25) is 0 Å². The second kappa shape index (κ2) is 39.8. The van der Waals surface area contributed by atoms with Gasteiger partial charge in [0, 0.05) is 13.1 Å². The van der Waals surface area contributed by atoms with Gasteiger partial charge in [-0.3, -0.25) is 48.1 Å². The fourth-order valence-electron chi connectivity index (χ4n) is 10.2. The van der Waals surface area contributed by atoms with E-state index in [-0.39, 0.29) is 101 Å². The van der Waals surface area contributed by atoms with Crippen molar-refractivity contribution in [3.05, 3.63) is 29.8 Å². The summed E-state index contributed by atoms with van der Waals surface area (Å²) < 4.78 is 0. The van der Waals surface area contributed by atoms with Gasteiger partial charge in [-0.1, -0.05) is 46.8 Å². The number of nitrogens with zero attached hydrogens (tertiary/aromatic N) is 7. The largest absolute Gasteiger partial charge is 0.508 e. The van der Waals surface area contributed by atoms with Crippen LogP contribution in [-0.2, 0) is 49.6 Å². The Bertz CT molecular complexity index is 2850. The lowest BCUT2D eigenvalue weighted by Crippen LogP contribution is -2.66. The van der Waals surface area contributed by atoms with Crippen molar-refractivity contribution in [2.75, 3.05) is 19.6 Å². The third-order valence-corrected chi connectivity index (χ3v) is 14.8. The highest BCUT2D eigenvalue weighted by molar-refractivity contribution is 6.00. The van der Waals surface area contributed by atoms with Crippen LogP contribution < -0.4 is 117 Å². The molecule has 1 aliphatic heterocycles. The lowest BCUT2D eigenvalue weighted by molar-refractivity contribution is -0.139. The Balaban J connectivity index is 2.81. The SMILES string of the molecule is CCC(N=C(N)N)[C@H](NC(=O)[C@H](CCCCN)NC(=O)[C@@H]1CCCN1C(=O)Cc1ccc(O)cc1)C(=O)N[C@H](C(=O)N[C@H](C(=O)N[C@H](C(=O)N[C@H](C(=O)N[C@@H](CCCN=C(N)N)C(N)=O)C(CC)N=C(N)N)C(CC)N=C(N)N)C(CC)N=C(N)N)C(CC)N=C(N)N. The first-order valence-corrected chi connectivity index (χ1v) is 30.5. The number of nitrogens with one attached hydrogen (secondary N) is 7. The zero-order valence-electron chi connectivity index (χ0n) is 53.5. The van der Waals surface area contributed by atoms with E-state index in [0.29, 0.717) is 24.8 Å². The normalized spacial score (nSPS) is 16.4. The second-order valence-corrected chi connectivity index (χ2v) is 21.9. The molecule has 0 aliphatic carbocycles. The smallest absolute Gasteiger partial charge is 0.245 e. The number of nitrogens with two attached hydrogens (primary N) is 14. The molecule has 5 unspecified atom stereocenters. The van der Waals surface area contributed by atoms with E-state index in [1.54, 1.807) is 46.8 Å². The zero-order valence-corrected chi connectivity index (χ0v) is 53.5. The van der Waals surface area contributed by atoms with Crippen LogP contribution in [0.4, 0.5) is 0 Å². The number of amides is 9. The quantitative estimate of drug-likeness (QED) is 0.0165. The van der Waals surface area contributed by atoms with Crippen molar-refractivity contribution in [1.82, 2.24) is 42.1 Å². The molecule has 0 aromatic heterocycles. The van der Waals surface area contributed by atoms with Crippen LogP contribution in [0.5, 0.6) is 5.75 Å². The van der Waals surface area contributed by atoms with E-state index in [4.69, 9.17) is 80.3 Å². The summed E-state index contributed by atoms with van der Waals surface area (Å²) in [4.78, 5) is 156. The molecule has 1 fully saturated rings. The van der Waals surface area contributed by atoms with Crippen molar-refractivity contribution >= 4 is 88.9 Å². The van der Waals surface area contributed by atoms with E-state index in [2.05, 4.69) is 67.2 Å². The van der Waals surface area contributed by atoms with E-state index >= 15 is 14.4 Å². The summed E-state index contributed by atoms with van der Waals surface area (Å²) in [6.45, 7) is 8.37. The predicted octanol–water partition coefficient (Wildman–Crippen LogP) is -8.75. The molecule has 1 aliphatic rings. The highest BCUT2D eigenvalue weighted by atomic mass is 16.3. The molecule has 1 heterocycles. The molecule has 520 valence electrons. The Hall–Kier alpha value is -10.2. The van der Waals surface area contributed by atoms with Gasteiger partial charge in [-0.15, -0.1) is 0 Å². The maximum Gasteiger partial charge on any atom is 0.245 e. The Morgan fingerprint density at radius 1 is 0.473 bits per heavy atom. The summed E-state index contributed by atoms with van der Waals surface area (Å²) in [6.07, 6.45) is 1.23. The number of hydrogen-bond donors (Lipinski definition) is 22. The maximum absolute atomic E-state index is 15.2. The fraction of sp³-hybridized carbons (Fsp3) is 0.618. The molecule has 9 amide bonds. The maximum atomic E-state index is 15.2. The van der Waals surface area contributed by atoms with Gasteiger partial charge in [0.05, 0.1) is 36.6 Å². The number of rotatable bonds is 40. The number of carbonyl (C=O) groups excluding carboxylic acids is 9. The van der Waals surface area contributed by atoms with Gasteiger partial charge in [-0.05, 0) is 101 Å². The molecule has 93 heavy (non-hydrogen) atoms. The van der Waals surface area contributed by atoms with E-state index < -0.39 is 156 Å². The fourth-order valence-corrected chi connectivity index (χ4v) is 10.2. The highest BCUT2D eigenvalue weighted by Gasteiger charge is 2.43. The monoisotopic (exact) mass is 1310 g/mol. The molecule has 0 bridgehead atoms. The van der Waals surface area contributed by atoms with Crippen LogP contribution >= 0.6 is 0 Å².